The molecule has 0 amide bonds. The highest BCUT2D eigenvalue weighted by Crippen LogP contribution is 2.27. The number of benzene rings is 2. The highest BCUT2D eigenvalue weighted by Gasteiger charge is 2.04. The lowest BCUT2D eigenvalue weighted by Gasteiger charge is -2.09. The molecule has 2 aromatic carbocycles. The van der Waals surface area contributed by atoms with Gasteiger partial charge in [-0.25, -0.2) is 4.39 Å². The lowest BCUT2D eigenvalue weighted by atomic mass is 10.2. The molecule has 0 saturated heterocycles. The predicted molar refractivity (Wildman–Crippen MR) is 69.5 cm³/mol. The van der Waals surface area contributed by atoms with Gasteiger partial charge < -0.3 is 10.4 Å². The topological polar surface area (TPSA) is 32.3 Å². The van der Waals surface area contributed by atoms with Crippen molar-refractivity contribution >= 4 is 21.6 Å². The Morgan fingerprint density at radius 2 is 1.82 bits per heavy atom. The van der Waals surface area contributed by atoms with Gasteiger partial charge in [0.15, 0.2) is 0 Å². The summed E-state index contributed by atoms with van der Waals surface area (Å²) in [6, 6.07) is 11.6. The average molecular weight is 296 g/mol. The number of para-hydroxylation sites is 1. The van der Waals surface area contributed by atoms with Gasteiger partial charge in [0, 0.05) is 17.8 Å². The maximum absolute atomic E-state index is 12.7. The first-order valence-electron chi connectivity index (χ1n) is 5.12. The summed E-state index contributed by atoms with van der Waals surface area (Å²) >= 11 is 3.25. The van der Waals surface area contributed by atoms with Gasteiger partial charge >= 0.3 is 0 Å². The Balaban J connectivity index is 2.07. The number of rotatable bonds is 3. The molecule has 2 rings (SSSR count). The van der Waals surface area contributed by atoms with E-state index in [1.807, 2.05) is 12.1 Å². The summed E-state index contributed by atoms with van der Waals surface area (Å²) in [5.41, 5.74) is 1.59. The molecule has 0 aliphatic carbocycles. The zero-order valence-electron chi connectivity index (χ0n) is 8.95. The minimum atomic E-state index is -0.263. The largest absolute Gasteiger partial charge is 0.506 e. The highest BCUT2D eigenvalue weighted by atomic mass is 79.9. The van der Waals surface area contributed by atoms with Crippen LogP contribution in [-0.4, -0.2) is 5.11 Å². The Hall–Kier alpha value is -1.55. The van der Waals surface area contributed by atoms with Crippen LogP contribution in [0.4, 0.5) is 10.1 Å². The Bertz CT molecular complexity index is 513. The van der Waals surface area contributed by atoms with Crippen molar-refractivity contribution in [2.45, 2.75) is 6.54 Å². The van der Waals surface area contributed by atoms with E-state index in [9.17, 15) is 9.50 Å². The van der Waals surface area contributed by atoms with Gasteiger partial charge in [0.05, 0.1) is 4.47 Å². The van der Waals surface area contributed by atoms with Gasteiger partial charge in [-0.1, -0.05) is 12.1 Å². The molecular formula is C13H11BrFNO. The molecule has 0 aliphatic rings. The first-order chi connectivity index (χ1) is 8.16. The summed E-state index contributed by atoms with van der Waals surface area (Å²) in [7, 11) is 0. The summed E-state index contributed by atoms with van der Waals surface area (Å²) in [6.07, 6.45) is 0. The normalized spacial score (nSPS) is 10.2. The maximum Gasteiger partial charge on any atom is 0.134 e. The molecule has 0 fully saturated rings. The van der Waals surface area contributed by atoms with Crippen LogP contribution in [0.3, 0.4) is 0 Å². The third-order valence-corrected chi connectivity index (χ3v) is 3.04. The van der Waals surface area contributed by atoms with Crippen LogP contribution in [0.25, 0.3) is 0 Å². The van der Waals surface area contributed by atoms with E-state index in [-0.39, 0.29) is 11.6 Å². The van der Waals surface area contributed by atoms with Crippen molar-refractivity contribution < 1.29 is 9.50 Å². The maximum atomic E-state index is 12.7. The highest BCUT2D eigenvalue weighted by molar-refractivity contribution is 9.10. The lowest BCUT2D eigenvalue weighted by Crippen LogP contribution is -1.99. The van der Waals surface area contributed by atoms with Crippen LogP contribution in [0, 0.1) is 5.82 Å². The van der Waals surface area contributed by atoms with Gasteiger partial charge in [-0.2, -0.15) is 0 Å². The molecule has 4 heteroatoms. The third-order valence-electron chi connectivity index (χ3n) is 2.40. The number of halogens is 2. The monoisotopic (exact) mass is 295 g/mol. The number of hydrogen-bond acceptors (Lipinski definition) is 2. The van der Waals surface area contributed by atoms with E-state index < -0.39 is 0 Å². The third kappa shape index (κ3) is 2.97. The second-order valence-corrected chi connectivity index (χ2v) is 4.46. The van der Waals surface area contributed by atoms with E-state index in [2.05, 4.69) is 21.2 Å². The molecule has 2 N–H and O–H groups in total. The van der Waals surface area contributed by atoms with Gasteiger partial charge in [-0.05, 0) is 46.3 Å². The molecule has 0 unspecified atom stereocenters. The van der Waals surface area contributed by atoms with E-state index >= 15 is 0 Å². The number of phenolic OH excluding ortho intramolecular Hbond substituents is 1. The molecule has 0 radical (unpaired) electrons. The molecule has 0 saturated carbocycles. The van der Waals surface area contributed by atoms with Crippen molar-refractivity contribution in [1.29, 1.82) is 0 Å². The fourth-order valence-corrected chi connectivity index (χ4v) is 1.87. The van der Waals surface area contributed by atoms with E-state index in [0.717, 1.165) is 11.3 Å². The van der Waals surface area contributed by atoms with Crippen LogP contribution in [-0.2, 0) is 6.54 Å². The van der Waals surface area contributed by atoms with Crippen LogP contribution in [0.2, 0.25) is 0 Å². The van der Waals surface area contributed by atoms with Gasteiger partial charge in [0.1, 0.15) is 11.6 Å². The number of phenols is 1. The van der Waals surface area contributed by atoms with Gasteiger partial charge in [0.25, 0.3) is 0 Å². The van der Waals surface area contributed by atoms with Crippen LogP contribution in [0.15, 0.2) is 46.9 Å². The summed E-state index contributed by atoms with van der Waals surface area (Å²) in [5.74, 6) is -0.0389. The minimum absolute atomic E-state index is 0.224. The summed E-state index contributed by atoms with van der Waals surface area (Å²) < 4.78 is 13.4. The minimum Gasteiger partial charge on any atom is -0.506 e. The van der Waals surface area contributed by atoms with Crippen molar-refractivity contribution in [2.24, 2.45) is 0 Å². The quantitative estimate of drug-likeness (QED) is 0.900. The van der Waals surface area contributed by atoms with Gasteiger partial charge in [-0.15, -0.1) is 0 Å². The lowest BCUT2D eigenvalue weighted by molar-refractivity contribution is 0.465. The van der Waals surface area contributed by atoms with Crippen molar-refractivity contribution in [3.63, 3.8) is 0 Å². The van der Waals surface area contributed by atoms with Crippen molar-refractivity contribution in [3.05, 3.63) is 58.3 Å². The molecule has 0 aromatic heterocycles. The molecule has 0 aliphatic heterocycles. The predicted octanol–water partition coefficient (Wildman–Crippen LogP) is 3.91. The second-order valence-electron chi connectivity index (χ2n) is 3.61. The van der Waals surface area contributed by atoms with E-state index in [1.165, 1.54) is 12.1 Å². The molecule has 0 spiro atoms. The van der Waals surface area contributed by atoms with Crippen LogP contribution < -0.4 is 5.32 Å². The molecule has 0 heterocycles. The number of aromatic hydroxyl groups is 1. The van der Waals surface area contributed by atoms with Crippen LogP contribution >= 0.6 is 15.9 Å². The Morgan fingerprint density at radius 1 is 1.12 bits per heavy atom. The molecule has 17 heavy (non-hydrogen) atoms. The number of hydrogen-bond donors (Lipinski definition) is 2. The smallest absolute Gasteiger partial charge is 0.134 e. The molecule has 2 aromatic rings. The summed E-state index contributed by atoms with van der Waals surface area (Å²) in [6.45, 7) is 0.483. The SMILES string of the molecule is Oc1c(Br)cccc1CNc1ccc(F)cc1. The Kier molecular flexibility index (Phi) is 3.64. The summed E-state index contributed by atoms with van der Waals surface area (Å²) in [4.78, 5) is 0. The standard InChI is InChI=1S/C13H11BrFNO/c14-12-3-1-2-9(13(12)17)8-16-11-6-4-10(15)5-7-11/h1-7,16-17H,8H2. The molecular weight excluding hydrogens is 285 g/mol. The second kappa shape index (κ2) is 5.19. The molecule has 0 bridgehead atoms. The molecule has 2 nitrogen and oxygen atoms in total. The number of nitrogens with one attached hydrogen (secondary N) is 1. The Labute approximate surface area is 107 Å². The zero-order valence-corrected chi connectivity index (χ0v) is 10.5. The summed E-state index contributed by atoms with van der Waals surface area (Å²) in [5, 5.41) is 12.9. The van der Waals surface area contributed by atoms with E-state index in [4.69, 9.17) is 0 Å². The Morgan fingerprint density at radius 3 is 2.53 bits per heavy atom. The molecule has 0 atom stereocenters. The van der Waals surface area contributed by atoms with E-state index in [1.54, 1.807) is 18.2 Å². The van der Waals surface area contributed by atoms with Crippen LogP contribution in [0.1, 0.15) is 5.56 Å². The van der Waals surface area contributed by atoms with Crippen molar-refractivity contribution in [1.82, 2.24) is 0 Å². The number of anilines is 1. The fourth-order valence-electron chi connectivity index (χ4n) is 1.47. The fraction of sp³-hybridized carbons (Fsp3) is 0.0769. The van der Waals surface area contributed by atoms with Crippen LogP contribution in [0.5, 0.6) is 5.75 Å². The van der Waals surface area contributed by atoms with Gasteiger partial charge in [0.2, 0.25) is 0 Å². The zero-order chi connectivity index (χ0) is 12.3. The first-order valence-corrected chi connectivity index (χ1v) is 5.92. The van der Waals surface area contributed by atoms with Gasteiger partial charge in [-0.3, -0.25) is 0 Å². The molecule has 88 valence electrons. The average Bonchev–Trinajstić information content (AvgIpc) is 2.33. The van der Waals surface area contributed by atoms with Crippen molar-refractivity contribution in [2.75, 3.05) is 5.32 Å². The van der Waals surface area contributed by atoms with E-state index in [0.29, 0.717) is 11.0 Å². The van der Waals surface area contributed by atoms with Crippen molar-refractivity contribution in [3.8, 4) is 5.75 Å². The first kappa shape index (κ1) is 11.9.